The minimum atomic E-state index is 0.397. The van der Waals surface area contributed by atoms with Gasteiger partial charge in [0.1, 0.15) is 0 Å². The van der Waals surface area contributed by atoms with Crippen LogP contribution in [0.1, 0.15) is 16.7 Å². The van der Waals surface area contributed by atoms with Gasteiger partial charge in [-0.1, -0.05) is 29.8 Å². The van der Waals surface area contributed by atoms with Crippen molar-refractivity contribution in [3.8, 4) is 34.9 Å². The molecule has 0 atom stereocenters. The Bertz CT molecular complexity index is 1230. The van der Waals surface area contributed by atoms with Crippen LogP contribution in [0.25, 0.3) is 22.8 Å². The van der Waals surface area contributed by atoms with Gasteiger partial charge in [0.2, 0.25) is 5.95 Å². The topological polar surface area (TPSA) is 98.3 Å². The highest BCUT2D eigenvalue weighted by Crippen LogP contribution is 2.23. The minimum Gasteiger partial charge on any atom is -0.350 e. The van der Waals surface area contributed by atoms with Crippen LogP contribution in [-0.2, 0) is 6.54 Å². The summed E-state index contributed by atoms with van der Waals surface area (Å²) in [5.74, 6) is 1.34. The highest BCUT2D eigenvalue weighted by atomic mass is 35.5. The molecule has 0 bridgehead atoms. The molecule has 148 valence electrons. The van der Waals surface area contributed by atoms with Crippen LogP contribution in [0.3, 0.4) is 0 Å². The summed E-state index contributed by atoms with van der Waals surface area (Å²) in [5, 5.41) is 22.0. The zero-order valence-electron chi connectivity index (χ0n) is 16.2. The highest BCUT2D eigenvalue weighted by Gasteiger charge is 2.11. The molecule has 7 heteroatoms. The van der Waals surface area contributed by atoms with E-state index in [1.54, 1.807) is 48.5 Å². The first-order valence-electron chi connectivity index (χ1n) is 9.41. The lowest BCUT2D eigenvalue weighted by atomic mass is 10.1. The number of nitrogens with one attached hydrogen (secondary N) is 1. The third-order valence-electron chi connectivity index (χ3n) is 4.57. The predicted molar refractivity (Wildman–Crippen MR) is 119 cm³/mol. The van der Waals surface area contributed by atoms with Gasteiger partial charge in [0, 0.05) is 22.7 Å². The van der Waals surface area contributed by atoms with Crippen molar-refractivity contribution in [3.05, 3.63) is 94.5 Å². The molecule has 6 nitrogen and oxygen atoms in total. The fourth-order valence-corrected chi connectivity index (χ4v) is 3.12. The number of nitrogens with zero attached hydrogens (tertiary/aromatic N) is 5. The quantitative estimate of drug-likeness (QED) is 0.473. The third kappa shape index (κ3) is 4.67. The molecule has 1 heterocycles. The van der Waals surface area contributed by atoms with E-state index < -0.39 is 0 Å². The fourth-order valence-electron chi connectivity index (χ4n) is 2.92. The van der Waals surface area contributed by atoms with E-state index in [-0.39, 0.29) is 0 Å². The van der Waals surface area contributed by atoms with E-state index in [4.69, 9.17) is 22.1 Å². The van der Waals surface area contributed by atoms with Crippen LogP contribution >= 0.6 is 11.6 Å². The summed E-state index contributed by atoms with van der Waals surface area (Å²) in [6.45, 7) is 0.448. The molecule has 0 aliphatic rings. The molecule has 0 aliphatic carbocycles. The number of nitriles is 2. The SMILES string of the molecule is N#Cc1ccc(-c2nc(NCc3ccccc3Cl)nc(-c3ccc(C#N)cc3)n2)cc1. The Labute approximate surface area is 184 Å². The standard InChI is InChI=1S/C24H15ClN6/c25-21-4-2-1-3-20(21)15-28-24-30-22(18-9-5-16(13-26)6-10-18)29-23(31-24)19-11-7-17(14-27)8-12-19/h1-12H,15H2,(H,28,29,30,31). The molecule has 0 radical (unpaired) electrons. The van der Waals surface area contributed by atoms with E-state index in [2.05, 4.69) is 32.4 Å². The Morgan fingerprint density at radius 3 is 1.71 bits per heavy atom. The van der Waals surface area contributed by atoms with Crippen LogP contribution in [0.4, 0.5) is 5.95 Å². The van der Waals surface area contributed by atoms with Crippen LogP contribution < -0.4 is 5.32 Å². The van der Waals surface area contributed by atoms with Gasteiger partial charge in [0.05, 0.1) is 23.3 Å². The van der Waals surface area contributed by atoms with Gasteiger partial charge < -0.3 is 5.32 Å². The second-order valence-electron chi connectivity index (χ2n) is 6.63. The molecule has 0 spiro atoms. The van der Waals surface area contributed by atoms with Gasteiger partial charge in [0.15, 0.2) is 11.6 Å². The zero-order chi connectivity index (χ0) is 21.6. The van der Waals surface area contributed by atoms with Crippen LogP contribution in [0.5, 0.6) is 0 Å². The molecule has 1 N–H and O–H groups in total. The molecule has 1 aromatic heterocycles. The average Bonchev–Trinajstić information content (AvgIpc) is 2.83. The lowest BCUT2D eigenvalue weighted by molar-refractivity contribution is 1.01. The molecule has 0 fully saturated rings. The molecule has 0 amide bonds. The summed E-state index contributed by atoms with van der Waals surface area (Å²) in [6.07, 6.45) is 0. The van der Waals surface area contributed by atoms with Crippen molar-refractivity contribution in [3.63, 3.8) is 0 Å². The molecular formula is C24H15ClN6. The van der Waals surface area contributed by atoms with Gasteiger partial charge in [-0.15, -0.1) is 0 Å². The van der Waals surface area contributed by atoms with Crippen LogP contribution in [0.2, 0.25) is 5.02 Å². The molecule has 0 aliphatic heterocycles. The summed E-state index contributed by atoms with van der Waals surface area (Å²) in [7, 11) is 0. The zero-order valence-corrected chi connectivity index (χ0v) is 17.0. The lowest BCUT2D eigenvalue weighted by Crippen LogP contribution is -2.07. The van der Waals surface area contributed by atoms with E-state index in [0.717, 1.165) is 16.7 Å². The lowest BCUT2D eigenvalue weighted by Gasteiger charge is -2.10. The number of rotatable bonds is 5. The van der Waals surface area contributed by atoms with Gasteiger partial charge in [-0.3, -0.25) is 0 Å². The fraction of sp³-hybridized carbons (Fsp3) is 0.0417. The summed E-state index contributed by atoms with van der Waals surface area (Å²) in [6, 6.07) is 25.8. The van der Waals surface area contributed by atoms with Gasteiger partial charge in [-0.2, -0.15) is 20.5 Å². The second kappa shape index (κ2) is 9.04. The van der Waals surface area contributed by atoms with Crippen molar-refractivity contribution in [2.45, 2.75) is 6.54 Å². The number of anilines is 1. The average molecular weight is 423 g/mol. The number of hydrogen-bond donors (Lipinski definition) is 1. The molecule has 0 unspecified atom stereocenters. The summed E-state index contributed by atoms with van der Waals surface area (Å²) in [4.78, 5) is 13.7. The van der Waals surface area contributed by atoms with E-state index in [0.29, 0.717) is 40.3 Å². The molecule has 0 saturated carbocycles. The Morgan fingerprint density at radius 1 is 0.710 bits per heavy atom. The summed E-state index contributed by atoms with van der Waals surface area (Å²) < 4.78 is 0. The first-order valence-corrected chi connectivity index (χ1v) is 9.78. The number of aromatic nitrogens is 3. The smallest absolute Gasteiger partial charge is 0.227 e. The second-order valence-corrected chi connectivity index (χ2v) is 7.04. The van der Waals surface area contributed by atoms with Crippen molar-refractivity contribution < 1.29 is 0 Å². The predicted octanol–water partition coefficient (Wildman–Crippen LogP) is 5.21. The normalized spacial score (nSPS) is 10.2. The van der Waals surface area contributed by atoms with Crippen LogP contribution in [0.15, 0.2) is 72.8 Å². The van der Waals surface area contributed by atoms with Gasteiger partial charge in [0.25, 0.3) is 0 Å². The maximum absolute atomic E-state index is 9.04. The Kier molecular flexibility index (Phi) is 5.84. The van der Waals surface area contributed by atoms with Gasteiger partial charge in [-0.25, -0.2) is 4.98 Å². The molecular weight excluding hydrogens is 408 g/mol. The minimum absolute atomic E-state index is 0.397. The van der Waals surface area contributed by atoms with E-state index in [1.165, 1.54) is 0 Å². The Balaban J connectivity index is 1.73. The molecule has 0 saturated heterocycles. The summed E-state index contributed by atoms with van der Waals surface area (Å²) >= 11 is 6.26. The van der Waals surface area contributed by atoms with E-state index in [9.17, 15) is 0 Å². The Hall–Kier alpha value is -4.26. The largest absolute Gasteiger partial charge is 0.350 e. The van der Waals surface area contributed by atoms with Gasteiger partial charge >= 0.3 is 0 Å². The van der Waals surface area contributed by atoms with Crippen molar-refractivity contribution >= 4 is 17.5 Å². The number of benzene rings is 3. The highest BCUT2D eigenvalue weighted by molar-refractivity contribution is 6.31. The Morgan fingerprint density at radius 2 is 1.23 bits per heavy atom. The van der Waals surface area contributed by atoms with Crippen LogP contribution in [-0.4, -0.2) is 15.0 Å². The summed E-state index contributed by atoms with van der Waals surface area (Å²) in [5.41, 5.74) is 3.56. The van der Waals surface area contributed by atoms with Crippen molar-refractivity contribution in [2.24, 2.45) is 0 Å². The third-order valence-corrected chi connectivity index (χ3v) is 4.94. The molecule has 4 aromatic rings. The molecule has 31 heavy (non-hydrogen) atoms. The maximum atomic E-state index is 9.04. The van der Waals surface area contributed by atoms with E-state index in [1.807, 2.05) is 24.3 Å². The van der Waals surface area contributed by atoms with Gasteiger partial charge in [-0.05, 0) is 60.2 Å². The van der Waals surface area contributed by atoms with E-state index >= 15 is 0 Å². The maximum Gasteiger partial charge on any atom is 0.227 e. The van der Waals surface area contributed by atoms with Crippen molar-refractivity contribution in [2.75, 3.05) is 5.32 Å². The van der Waals surface area contributed by atoms with Crippen molar-refractivity contribution in [1.29, 1.82) is 10.5 Å². The first-order chi connectivity index (χ1) is 15.2. The number of hydrogen-bond acceptors (Lipinski definition) is 6. The van der Waals surface area contributed by atoms with Crippen LogP contribution in [0, 0.1) is 22.7 Å². The molecule has 4 rings (SSSR count). The monoisotopic (exact) mass is 422 g/mol. The van der Waals surface area contributed by atoms with Crippen molar-refractivity contribution in [1.82, 2.24) is 15.0 Å². The number of halogens is 1. The first kappa shape index (κ1) is 20.0. The molecule has 3 aromatic carbocycles.